The van der Waals surface area contributed by atoms with Gasteiger partial charge in [0.2, 0.25) is 0 Å². The largest absolute Gasteiger partial charge is 0.497 e. The summed E-state index contributed by atoms with van der Waals surface area (Å²) in [6.45, 7) is 8.51. The minimum atomic E-state index is -1.66. The maximum atomic E-state index is 13.0. The maximum absolute atomic E-state index is 13.0. The van der Waals surface area contributed by atoms with E-state index in [4.69, 9.17) is 28.0 Å². The molecule has 1 aliphatic heterocycles. The number of rotatable bonds is 17. The Balaban J connectivity index is 1.59. The van der Waals surface area contributed by atoms with Gasteiger partial charge in [0, 0.05) is 24.7 Å². The monoisotopic (exact) mass is 730 g/mol. The average Bonchev–Trinajstić information content (AvgIpc) is 3.54. The van der Waals surface area contributed by atoms with Crippen LogP contribution < -0.4 is 20.7 Å². The first-order valence-electron chi connectivity index (χ1n) is 17.3. The lowest BCUT2D eigenvalue weighted by atomic mass is 9.80. The predicted octanol–water partition coefficient (Wildman–Crippen LogP) is 6.58. The van der Waals surface area contributed by atoms with Gasteiger partial charge in [0.1, 0.15) is 23.2 Å². The molecule has 0 spiro atoms. The van der Waals surface area contributed by atoms with Crippen molar-refractivity contribution in [3.8, 4) is 17.6 Å². The highest BCUT2D eigenvalue weighted by Gasteiger charge is 2.45. The zero-order valence-electron chi connectivity index (χ0n) is 30.4. The van der Waals surface area contributed by atoms with Gasteiger partial charge in [-0.15, -0.1) is 0 Å². The lowest BCUT2D eigenvalue weighted by molar-refractivity contribution is -0.0808. The first-order valence-corrected chi connectivity index (χ1v) is 18.4. The van der Waals surface area contributed by atoms with Gasteiger partial charge < -0.3 is 33.0 Å². The molecule has 1 unspecified atom stereocenters. The summed E-state index contributed by atoms with van der Waals surface area (Å²) in [6, 6.07) is 27.7. The van der Waals surface area contributed by atoms with Gasteiger partial charge in [-0.2, -0.15) is 5.26 Å². The van der Waals surface area contributed by atoms with Gasteiger partial charge in [-0.3, -0.25) is 9.78 Å². The van der Waals surface area contributed by atoms with Gasteiger partial charge in [-0.1, -0.05) is 54.6 Å². The van der Waals surface area contributed by atoms with Crippen molar-refractivity contribution in [3.05, 3.63) is 128 Å². The minimum Gasteiger partial charge on any atom is -0.497 e. The second-order valence-electron chi connectivity index (χ2n) is 12.9. The van der Waals surface area contributed by atoms with E-state index < -0.39 is 43.7 Å². The molecule has 1 aromatic heterocycles. The summed E-state index contributed by atoms with van der Waals surface area (Å²) in [5, 5.41) is 9.27. The van der Waals surface area contributed by atoms with Gasteiger partial charge in [-0.05, 0) is 68.7 Å². The second kappa shape index (κ2) is 17.9. The summed E-state index contributed by atoms with van der Waals surface area (Å²) in [5.41, 5.74) is 0.574. The maximum Gasteiger partial charge on any atom is 0.325 e. The Morgan fingerprint density at radius 1 is 0.904 bits per heavy atom. The van der Waals surface area contributed by atoms with Gasteiger partial charge >= 0.3 is 5.69 Å². The molecule has 1 saturated heterocycles. The Bertz CT molecular complexity index is 1820. The quantitative estimate of drug-likeness (QED) is 0.0694. The Morgan fingerprint density at radius 2 is 1.48 bits per heavy atom. The van der Waals surface area contributed by atoms with E-state index >= 15 is 0 Å². The van der Waals surface area contributed by atoms with Gasteiger partial charge in [0.05, 0.1) is 57.7 Å². The Hall–Kier alpha value is -4.34. The van der Waals surface area contributed by atoms with Crippen molar-refractivity contribution < 1.29 is 28.0 Å². The van der Waals surface area contributed by atoms with Crippen LogP contribution in [-0.4, -0.2) is 66.4 Å². The van der Waals surface area contributed by atoms with E-state index in [0.717, 1.165) is 16.7 Å². The fraction of sp³-hybridized carbons (Fsp3) is 0.410. The average molecular weight is 731 g/mol. The number of H-pyrrole nitrogens is 2. The Morgan fingerprint density at radius 3 is 2.00 bits per heavy atom. The highest BCUT2D eigenvalue weighted by atomic mass is 31.2. The molecule has 12 nitrogen and oxygen atoms in total. The molecule has 5 rings (SSSR count). The molecule has 0 amide bonds. The highest BCUT2D eigenvalue weighted by Crippen LogP contribution is 2.51. The molecular weight excluding hydrogens is 683 g/mol. The molecule has 3 aromatic carbocycles. The molecule has 1 aliphatic rings. The third-order valence-electron chi connectivity index (χ3n) is 8.92. The van der Waals surface area contributed by atoms with Crippen molar-refractivity contribution in [1.82, 2.24) is 14.6 Å². The molecule has 0 radical (unpaired) electrons. The van der Waals surface area contributed by atoms with Crippen LogP contribution in [0.1, 0.15) is 68.9 Å². The molecule has 0 aliphatic carbocycles. The van der Waals surface area contributed by atoms with Crippen LogP contribution in [-0.2, 0) is 24.1 Å². The molecular formula is C39H47N4O8P. The molecule has 0 bridgehead atoms. The van der Waals surface area contributed by atoms with Crippen LogP contribution in [0.2, 0.25) is 0 Å². The van der Waals surface area contributed by atoms with E-state index in [1.807, 2.05) is 78.9 Å². The van der Waals surface area contributed by atoms with Crippen LogP contribution >= 0.6 is 8.53 Å². The molecule has 13 heteroatoms. The van der Waals surface area contributed by atoms with Crippen LogP contribution in [0.25, 0.3) is 0 Å². The minimum absolute atomic E-state index is 0.0418. The SMILES string of the molecule is COc1ccc(C(OC[C@H]2O[C@@H](c3c[nH]c(=O)[nH]c3=O)C[C@H]2OP(OCCC#N)N(C(C)C)C(C)C)(c2ccccc2)c2ccc(OC)cc2)cc1. The first-order chi connectivity index (χ1) is 25.1. The summed E-state index contributed by atoms with van der Waals surface area (Å²) in [6.07, 6.45) is -0.105. The van der Waals surface area contributed by atoms with Crippen LogP contribution in [0.15, 0.2) is 94.6 Å². The zero-order chi connectivity index (χ0) is 37.3. The number of methoxy groups -OCH3 is 2. The topological polar surface area (TPSA) is 148 Å². The molecule has 52 heavy (non-hydrogen) atoms. The molecule has 2 N–H and O–H groups in total. The lowest BCUT2D eigenvalue weighted by Gasteiger charge is -2.39. The molecule has 2 heterocycles. The number of aromatic nitrogens is 2. The fourth-order valence-corrected chi connectivity index (χ4v) is 8.28. The number of nitrogens with zero attached hydrogens (tertiary/aromatic N) is 2. The van der Waals surface area contributed by atoms with E-state index in [0.29, 0.717) is 11.5 Å². The van der Waals surface area contributed by atoms with E-state index in [1.165, 1.54) is 6.20 Å². The number of nitriles is 1. The number of hydrogen-bond donors (Lipinski definition) is 2. The van der Waals surface area contributed by atoms with Crippen molar-refractivity contribution in [2.75, 3.05) is 27.4 Å². The molecule has 4 aromatic rings. The Labute approximate surface area is 305 Å². The van der Waals surface area contributed by atoms with Crippen LogP contribution in [0.3, 0.4) is 0 Å². The smallest absolute Gasteiger partial charge is 0.325 e. The summed E-state index contributed by atoms with van der Waals surface area (Å²) in [4.78, 5) is 29.8. The highest BCUT2D eigenvalue weighted by molar-refractivity contribution is 7.44. The summed E-state index contributed by atoms with van der Waals surface area (Å²) >= 11 is 0. The van der Waals surface area contributed by atoms with E-state index in [9.17, 15) is 14.9 Å². The zero-order valence-corrected chi connectivity index (χ0v) is 31.3. The lowest BCUT2D eigenvalue weighted by Crippen LogP contribution is -2.39. The second-order valence-corrected chi connectivity index (χ2v) is 14.3. The van der Waals surface area contributed by atoms with Crippen molar-refractivity contribution in [1.29, 1.82) is 5.26 Å². The normalized spacial score (nSPS) is 18.1. The molecule has 0 saturated carbocycles. The van der Waals surface area contributed by atoms with Crippen molar-refractivity contribution >= 4 is 8.53 Å². The third-order valence-corrected chi connectivity index (χ3v) is 11.1. The number of aromatic amines is 2. The van der Waals surface area contributed by atoms with E-state index in [2.05, 4.69) is 48.4 Å². The molecule has 276 valence electrons. The van der Waals surface area contributed by atoms with Gasteiger partial charge in [0.25, 0.3) is 14.1 Å². The Kier molecular flexibility index (Phi) is 13.4. The van der Waals surface area contributed by atoms with Crippen molar-refractivity contribution in [3.63, 3.8) is 0 Å². The van der Waals surface area contributed by atoms with Gasteiger partial charge in [0.15, 0.2) is 0 Å². The number of benzene rings is 3. The third kappa shape index (κ3) is 8.81. The van der Waals surface area contributed by atoms with Crippen molar-refractivity contribution in [2.24, 2.45) is 0 Å². The van der Waals surface area contributed by atoms with Gasteiger partial charge in [-0.25, -0.2) is 9.46 Å². The molecule has 4 atom stereocenters. The van der Waals surface area contributed by atoms with Crippen LogP contribution in [0.4, 0.5) is 0 Å². The summed E-state index contributed by atoms with van der Waals surface area (Å²) in [7, 11) is 1.59. The first kappa shape index (κ1) is 38.9. The number of hydrogen-bond acceptors (Lipinski definition) is 10. The summed E-state index contributed by atoms with van der Waals surface area (Å²) < 4.78 is 40.1. The van der Waals surface area contributed by atoms with Crippen molar-refractivity contribution in [2.45, 2.75) is 76.5 Å². The summed E-state index contributed by atoms with van der Waals surface area (Å²) in [5.74, 6) is 1.40. The standard InChI is InChI=1S/C39H47N4O8P/c1-26(2)43(27(3)4)52(49-22-10-21-40)51-35-23-34(33-24-41-38(45)42-37(33)44)50-36(35)25-48-39(28-11-8-7-9-12-28,29-13-17-31(46-5)18-14-29)30-15-19-32(47-6)20-16-30/h7-9,11-20,24,26-27,34-36H,10,22-23,25H2,1-6H3,(H2,41,42,44,45)/t34-,35-,36-,52?/m1/s1. The molecule has 1 fully saturated rings. The number of nitrogens with one attached hydrogen (secondary N) is 2. The van der Waals surface area contributed by atoms with E-state index in [1.54, 1.807) is 14.2 Å². The van der Waals surface area contributed by atoms with Crippen LogP contribution in [0, 0.1) is 11.3 Å². The van der Waals surface area contributed by atoms with Crippen LogP contribution in [0.5, 0.6) is 11.5 Å². The fourth-order valence-electron chi connectivity index (χ4n) is 6.53. The number of ether oxygens (including phenoxy) is 4. The predicted molar refractivity (Wildman–Crippen MR) is 198 cm³/mol. The van der Waals surface area contributed by atoms with E-state index in [-0.39, 0.29) is 43.7 Å².